The molecule has 1 aromatic rings. The third-order valence-corrected chi connectivity index (χ3v) is 4.08. The fourth-order valence-corrected chi connectivity index (χ4v) is 2.61. The zero-order valence-corrected chi connectivity index (χ0v) is 12.8. The van der Waals surface area contributed by atoms with E-state index in [1.54, 1.807) is 10.9 Å². The van der Waals surface area contributed by atoms with Crippen LogP contribution < -0.4 is 5.32 Å². The average molecular weight is 279 g/mol. The molecular weight excluding hydrogens is 254 g/mol. The molecule has 20 heavy (non-hydrogen) atoms. The number of nitrogens with zero attached hydrogens (tertiary/aromatic N) is 2. The van der Waals surface area contributed by atoms with Gasteiger partial charge in [0.1, 0.15) is 0 Å². The summed E-state index contributed by atoms with van der Waals surface area (Å²) in [5, 5.41) is 7.20. The Balaban J connectivity index is 1.75. The average Bonchev–Trinajstić information content (AvgIpc) is 2.87. The normalized spacial score (nSPS) is 24.4. The van der Waals surface area contributed by atoms with Crippen LogP contribution in [0.4, 0.5) is 0 Å². The topological polar surface area (TPSA) is 56.1 Å². The van der Waals surface area contributed by atoms with Gasteiger partial charge in [-0.3, -0.25) is 9.48 Å². The maximum absolute atomic E-state index is 12.0. The highest BCUT2D eigenvalue weighted by Crippen LogP contribution is 2.43. The molecule has 0 bridgehead atoms. The van der Waals surface area contributed by atoms with E-state index in [-0.39, 0.29) is 29.6 Å². The maximum atomic E-state index is 12.0. The zero-order chi connectivity index (χ0) is 14.8. The molecule has 0 aliphatic heterocycles. The Morgan fingerprint density at radius 1 is 1.55 bits per heavy atom. The van der Waals surface area contributed by atoms with Crippen molar-refractivity contribution in [2.75, 3.05) is 0 Å². The summed E-state index contributed by atoms with van der Waals surface area (Å²) in [5.41, 5.74) is 0.00559. The van der Waals surface area contributed by atoms with Crippen LogP contribution in [0.3, 0.4) is 0 Å². The predicted molar refractivity (Wildman–Crippen MR) is 77.2 cm³/mol. The number of nitrogens with one attached hydrogen (secondary N) is 1. The van der Waals surface area contributed by atoms with Crippen LogP contribution in [0.1, 0.15) is 40.5 Å². The van der Waals surface area contributed by atoms with Crippen molar-refractivity contribution >= 4 is 5.91 Å². The Hall–Kier alpha value is -1.36. The molecule has 112 valence electrons. The number of amides is 1. The Morgan fingerprint density at radius 3 is 2.85 bits per heavy atom. The predicted octanol–water partition coefficient (Wildman–Crippen LogP) is 1.98. The second-order valence-corrected chi connectivity index (χ2v) is 6.37. The van der Waals surface area contributed by atoms with E-state index in [0.29, 0.717) is 13.0 Å². The molecule has 1 amide bonds. The summed E-state index contributed by atoms with van der Waals surface area (Å²) in [7, 11) is 0. The first-order chi connectivity index (χ1) is 9.39. The van der Waals surface area contributed by atoms with Crippen molar-refractivity contribution in [1.29, 1.82) is 0 Å². The van der Waals surface area contributed by atoms with Gasteiger partial charge < -0.3 is 10.1 Å². The van der Waals surface area contributed by atoms with E-state index in [4.69, 9.17) is 4.74 Å². The van der Waals surface area contributed by atoms with E-state index in [0.717, 1.165) is 6.42 Å². The van der Waals surface area contributed by atoms with E-state index < -0.39 is 0 Å². The molecular formula is C15H25N3O2. The highest BCUT2D eigenvalue weighted by molar-refractivity contribution is 5.76. The summed E-state index contributed by atoms with van der Waals surface area (Å²) < 4.78 is 7.64. The van der Waals surface area contributed by atoms with Crippen molar-refractivity contribution in [3.63, 3.8) is 0 Å². The Morgan fingerprint density at radius 2 is 2.30 bits per heavy atom. The third kappa shape index (κ3) is 3.39. The van der Waals surface area contributed by atoms with Crippen molar-refractivity contribution in [2.24, 2.45) is 5.41 Å². The number of ether oxygens (including phenoxy) is 1. The summed E-state index contributed by atoms with van der Waals surface area (Å²) in [6.45, 7) is 9.03. The summed E-state index contributed by atoms with van der Waals surface area (Å²) in [6.07, 6.45) is 5.42. The van der Waals surface area contributed by atoms with Gasteiger partial charge in [0.2, 0.25) is 5.91 Å². The van der Waals surface area contributed by atoms with Crippen molar-refractivity contribution in [3.05, 3.63) is 18.5 Å². The number of hydrogen-bond acceptors (Lipinski definition) is 3. The molecule has 2 rings (SSSR count). The molecule has 0 saturated heterocycles. The first-order valence-corrected chi connectivity index (χ1v) is 7.32. The minimum absolute atomic E-state index is 0.00559. The van der Waals surface area contributed by atoms with E-state index in [9.17, 15) is 4.79 Å². The number of aryl methyl sites for hydroxylation is 1. The van der Waals surface area contributed by atoms with Gasteiger partial charge in [-0.25, -0.2) is 0 Å². The Bertz CT molecular complexity index is 440. The molecule has 0 aromatic carbocycles. The molecule has 0 spiro atoms. The quantitative estimate of drug-likeness (QED) is 0.866. The molecule has 1 fully saturated rings. The molecule has 1 aromatic heterocycles. The standard InChI is InChI=1S/C15H25N3O2/c1-11(2)20-13-10-12(15(13,3)4)17-14(19)6-9-18-8-5-7-16-18/h5,7-8,11-13H,6,9-10H2,1-4H3,(H,17,19). The smallest absolute Gasteiger partial charge is 0.222 e. The molecule has 1 heterocycles. The summed E-state index contributed by atoms with van der Waals surface area (Å²) >= 11 is 0. The minimum Gasteiger partial charge on any atom is -0.375 e. The van der Waals surface area contributed by atoms with Gasteiger partial charge in [0, 0.05) is 36.8 Å². The van der Waals surface area contributed by atoms with Gasteiger partial charge in [0.25, 0.3) is 0 Å². The van der Waals surface area contributed by atoms with Crippen LogP contribution >= 0.6 is 0 Å². The van der Waals surface area contributed by atoms with Crippen molar-refractivity contribution < 1.29 is 9.53 Å². The molecule has 2 atom stereocenters. The number of carbonyl (C=O) groups excluding carboxylic acids is 1. The lowest BCUT2D eigenvalue weighted by atomic mass is 9.64. The van der Waals surface area contributed by atoms with Gasteiger partial charge in [-0.05, 0) is 26.3 Å². The molecule has 1 saturated carbocycles. The highest BCUT2D eigenvalue weighted by Gasteiger charge is 2.49. The highest BCUT2D eigenvalue weighted by atomic mass is 16.5. The summed E-state index contributed by atoms with van der Waals surface area (Å²) in [6, 6.07) is 2.07. The zero-order valence-electron chi connectivity index (χ0n) is 12.8. The number of carbonyl (C=O) groups is 1. The molecule has 1 N–H and O–H groups in total. The van der Waals surface area contributed by atoms with Crippen LogP contribution in [0.25, 0.3) is 0 Å². The number of aromatic nitrogens is 2. The monoisotopic (exact) mass is 279 g/mol. The number of hydrogen-bond donors (Lipinski definition) is 1. The van der Waals surface area contributed by atoms with Crippen LogP contribution in [0.15, 0.2) is 18.5 Å². The molecule has 2 unspecified atom stereocenters. The largest absolute Gasteiger partial charge is 0.375 e. The summed E-state index contributed by atoms with van der Waals surface area (Å²) in [4.78, 5) is 12.0. The molecule has 1 aliphatic carbocycles. The first kappa shape index (κ1) is 15.0. The third-order valence-electron chi connectivity index (χ3n) is 4.08. The van der Waals surface area contributed by atoms with Crippen molar-refractivity contribution in [3.8, 4) is 0 Å². The fraction of sp³-hybridized carbons (Fsp3) is 0.733. The van der Waals surface area contributed by atoms with Gasteiger partial charge in [-0.15, -0.1) is 0 Å². The summed E-state index contributed by atoms with van der Waals surface area (Å²) in [5.74, 6) is 0.0848. The molecule has 1 aliphatic rings. The lowest BCUT2D eigenvalue weighted by Crippen LogP contribution is -2.62. The van der Waals surface area contributed by atoms with Crippen molar-refractivity contribution in [1.82, 2.24) is 15.1 Å². The van der Waals surface area contributed by atoms with Crippen molar-refractivity contribution in [2.45, 2.75) is 65.3 Å². The van der Waals surface area contributed by atoms with Crippen LogP contribution in [0.5, 0.6) is 0 Å². The fourth-order valence-electron chi connectivity index (χ4n) is 2.61. The van der Waals surface area contributed by atoms with E-state index in [1.807, 2.05) is 26.1 Å². The molecule has 5 heteroatoms. The minimum atomic E-state index is 0.00559. The van der Waals surface area contributed by atoms with E-state index >= 15 is 0 Å². The van der Waals surface area contributed by atoms with Gasteiger partial charge >= 0.3 is 0 Å². The lowest BCUT2D eigenvalue weighted by molar-refractivity contribution is -0.148. The Labute approximate surface area is 120 Å². The van der Waals surface area contributed by atoms with Crippen LogP contribution in [-0.4, -0.2) is 33.9 Å². The molecule has 5 nitrogen and oxygen atoms in total. The first-order valence-electron chi connectivity index (χ1n) is 7.32. The second-order valence-electron chi connectivity index (χ2n) is 6.37. The maximum Gasteiger partial charge on any atom is 0.222 e. The number of rotatable bonds is 6. The van der Waals surface area contributed by atoms with Gasteiger partial charge in [0.05, 0.1) is 12.2 Å². The van der Waals surface area contributed by atoms with Crippen LogP contribution in [-0.2, 0) is 16.1 Å². The van der Waals surface area contributed by atoms with Crippen LogP contribution in [0, 0.1) is 5.41 Å². The van der Waals surface area contributed by atoms with E-state index in [2.05, 4.69) is 24.3 Å². The van der Waals surface area contributed by atoms with Gasteiger partial charge in [-0.1, -0.05) is 13.8 Å². The van der Waals surface area contributed by atoms with Crippen LogP contribution in [0.2, 0.25) is 0 Å². The molecule has 0 radical (unpaired) electrons. The van der Waals surface area contributed by atoms with Gasteiger partial charge in [-0.2, -0.15) is 5.10 Å². The lowest BCUT2D eigenvalue weighted by Gasteiger charge is -2.52. The SMILES string of the molecule is CC(C)OC1CC(NC(=O)CCn2cccn2)C1(C)C. The van der Waals surface area contributed by atoms with Gasteiger partial charge in [0.15, 0.2) is 0 Å². The Kier molecular flexibility index (Phi) is 4.48. The van der Waals surface area contributed by atoms with E-state index in [1.165, 1.54) is 0 Å². The second kappa shape index (κ2) is 5.95.